The van der Waals surface area contributed by atoms with Crippen LogP contribution in [0.15, 0.2) is 15.0 Å². The van der Waals surface area contributed by atoms with Crippen molar-refractivity contribution in [3.05, 3.63) is 35.2 Å². The third kappa shape index (κ3) is 3.91. The first-order chi connectivity index (χ1) is 9.84. The summed E-state index contributed by atoms with van der Waals surface area (Å²) in [4.78, 5) is 23.2. The highest BCUT2D eigenvalue weighted by atomic mass is 79.9. The number of nitrogens with zero attached hydrogens (tertiary/aromatic N) is 3. The molecule has 0 saturated heterocycles. The zero-order chi connectivity index (χ0) is 16.2. The maximum atomic E-state index is 11.4. The monoisotopic (exact) mass is 423 g/mol. The molecule has 0 atom stereocenters. The summed E-state index contributed by atoms with van der Waals surface area (Å²) in [5.74, 6) is 0. The molecule has 9 heteroatoms. The van der Waals surface area contributed by atoms with Crippen LogP contribution in [0.2, 0.25) is 0 Å². The van der Waals surface area contributed by atoms with E-state index in [1.807, 2.05) is 13.8 Å². The molecule has 1 aromatic rings. The second kappa shape index (κ2) is 7.69. The van der Waals surface area contributed by atoms with Crippen molar-refractivity contribution in [3.8, 4) is 0 Å². The molecule has 0 aliphatic rings. The Hall–Kier alpha value is -1.22. The highest BCUT2D eigenvalue weighted by molar-refractivity contribution is 9.13. The maximum absolute atomic E-state index is 11.4. The molecular weight excluding hydrogens is 410 g/mol. The van der Waals surface area contributed by atoms with E-state index < -0.39 is 9.85 Å². The Morgan fingerprint density at radius 3 is 2.00 bits per heavy atom. The van der Waals surface area contributed by atoms with E-state index in [4.69, 9.17) is 0 Å². The average Bonchev–Trinajstić information content (AvgIpc) is 2.40. The van der Waals surface area contributed by atoms with E-state index in [2.05, 4.69) is 31.9 Å². The van der Waals surface area contributed by atoms with Crippen molar-refractivity contribution >= 4 is 48.9 Å². The minimum atomic E-state index is -0.588. The molecule has 1 rings (SSSR count). The van der Waals surface area contributed by atoms with Crippen LogP contribution in [0, 0.1) is 20.2 Å². The molecule has 0 fully saturated rings. The van der Waals surface area contributed by atoms with Gasteiger partial charge in [-0.3, -0.25) is 20.2 Å². The van der Waals surface area contributed by atoms with Gasteiger partial charge in [0.1, 0.15) is 4.47 Å². The Kier molecular flexibility index (Phi) is 6.53. The lowest BCUT2D eigenvalue weighted by Crippen LogP contribution is -2.26. The van der Waals surface area contributed by atoms with Crippen molar-refractivity contribution in [3.63, 3.8) is 0 Å². The van der Waals surface area contributed by atoms with E-state index in [0.717, 1.165) is 12.8 Å². The Morgan fingerprint density at radius 1 is 1.10 bits per heavy atom. The van der Waals surface area contributed by atoms with Gasteiger partial charge in [0.2, 0.25) is 0 Å². The normalized spacial score (nSPS) is 10.5. The predicted molar refractivity (Wildman–Crippen MR) is 87.9 cm³/mol. The van der Waals surface area contributed by atoms with Crippen LogP contribution in [-0.2, 0) is 0 Å². The van der Waals surface area contributed by atoms with Crippen LogP contribution >= 0.6 is 31.9 Å². The largest absolute Gasteiger partial charge is 0.360 e. The molecule has 0 aliphatic carbocycles. The zero-order valence-corrected chi connectivity index (χ0v) is 14.8. The Labute approximate surface area is 138 Å². The van der Waals surface area contributed by atoms with Crippen LogP contribution in [0.5, 0.6) is 0 Å². The first-order valence-electron chi connectivity index (χ1n) is 6.40. The SMILES string of the molecule is CCCN(CCC)c1c([N+](=O)[O-])cc(Br)c(Br)c1[N+](=O)[O-]. The lowest BCUT2D eigenvalue weighted by Gasteiger charge is -2.23. The van der Waals surface area contributed by atoms with Gasteiger partial charge in [-0.1, -0.05) is 13.8 Å². The molecule has 7 nitrogen and oxygen atoms in total. The fourth-order valence-electron chi connectivity index (χ4n) is 2.08. The number of hydrogen-bond acceptors (Lipinski definition) is 5. The summed E-state index contributed by atoms with van der Waals surface area (Å²) in [5.41, 5.74) is -0.486. The number of anilines is 1. The van der Waals surface area contributed by atoms with E-state index in [9.17, 15) is 20.2 Å². The first-order valence-corrected chi connectivity index (χ1v) is 7.99. The molecular formula is C12H15Br2N3O4. The van der Waals surface area contributed by atoms with E-state index in [1.54, 1.807) is 4.90 Å². The van der Waals surface area contributed by atoms with Gasteiger partial charge in [-0.05, 0) is 44.7 Å². The van der Waals surface area contributed by atoms with Gasteiger partial charge in [0, 0.05) is 23.6 Å². The van der Waals surface area contributed by atoms with Gasteiger partial charge in [-0.25, -0.2) is 0 Å². The third-order valence-electron chi connectivity index (χ3n) is 2.83. The predicted octanol–water partition coefficient (Wildman–Crippen LogP) is 4.65. The van der Waals surface area contributed by atoms with Crippen LogP contribution in [0.1, 0.15) is 26.7 Å². The van der Waals surface area contributed by atoms with E-state index in [1.165, 1.54) is 6.07 Å². The van der Waals surface area contributed by atoms with Gasteiger partial charge in [0.25, 0.3) is 0 Å². The summed E-state index contributed by atoms with van der Waals surface area (Å²) in [6.45, 7) is 4.88. The molecule has 0 aromatic heterocycles. The zero-order valence-electron chi connectivity index (χ0n) is 11.6. The molecule has 0 bridgehead atoms. The molecule has 116 valence electrons. The van der Waals surface area contributed by atoms with Crippen LogP contribution in [-0.4, -0.2) is 22.9 Å². The van der Waals surface area contributed by atoms with Gasteiger partial charge >= 0.3 is 11.4 Å². The van der Waals surface area contributed by atoms with Crippen molar-refractivity contribution in [1.29, 1.82) is 0 Å². The van der Waals surface area contributed by atoms with Crippen molar-refractivity contribution in [2.24, 2.45) is 0 Å². The van der Waals surface area contributed by atoms with Crippen LogP contribution in [0.25, 0.3) is 0 Å². The molecule has 0 radical (unpaired) electrons. The molecule has 0 N–H and O–H groups in total. The number of rotatable bonds is 7. The molecule has 21 heavy (non-hydrogen) atoms. The maximum Gasteiger partial charge on any atom is 0.314 e. The van der Waals surface area contributed by atoms with Crippen molar-refractivity contribution < 1.29 is 9.85 Å². The lowest BCUT2D eigenvalue weighted by molar-refractivity contribution is -0.393. The van der Waals surface area contributed by atoms with E-state index >= 15 is 0 Å². The molecule has 0 unspecified atom stereocenters. The van der Waals surface area contributed by atoms with Crippen molar-refractivity contribution in [2.45, 2.75) is 26.7 Å². The Morgan fingerprint density at radius 2 is 1.62 bits per heavy atom. The van der Waals surface area contributed by atoms with Crippen LogP contribution in [0.4, 0.5) is 17.1 Å². The van der Waals surface area contributed by atoms with Gasteiger partial charge in [0.05, 0.1) is 9.85 Å². The fraction of sp³-hybridized carbons (Fsp3) is 0.500. The number of benzene rings is 1. The quantitative estimate of drug-likeness (QED) is 0.469. The molecule has 1 aromatic carbocycles. The molecule has 0 aliphatic heterocycles. The standard InChI is InChI=1S/C12H15Br2N3O4/c1-3-5-15(6-4-2)11-9(16(18)19)7-8(13)10(14)12(11)17(20)21/h7H,3-6H2,1-2H3. The summed E-state index contributed by atoms with van der Waals surface area (Å²) < 4.78 is 0.503. The lowest BCUT2D eigenvalue weighted by atomic mass is 10.2. The van der Waals surface area contributed by atoms with Gasteiger partial charge in [-0.2, -0.15) is 0 Å². The van der Waals surface area contributed by atoms with E-state index in [0.29, 0.717) is 13.1 Å². The Balaban J connectivity index is 3.67. The molecule has 0 heterocycles. The number of nitro benzene ring substituents is 2. The fourth-order valence-corrected chi connectivity index (χ4v) is 2.93. The number of halogens is 2. The first kappa shape index (κ1) is 17.8. The summed E-state index contributed by atoms with van der Waals surface area (Å²) in [5, 5.41) is 22.7. The third-order valence-corrected chi connectivity index (χ3v) is 4.79. The van der Waals surface area contributed by atoms with Gasteiger partial charge in [0.15, 0.2) is 5.69 Å². The minimum Gasteiger partial charge on any atom is -0.360 e. The van der Waals surface area contributed by atoms with Gasteiger partial charge < -0.3 is 4.90 Å². The number of nitro groups is 2. The topological polar surface area (TPSA) is 89.5 Å². The van der Waals surface area contributed by atoms with Crippen molar-refractivity contribution in [1.82, 2.24) is 0 Å². The average molecular weight is 425 g/mol. The molecule has 0 spiro atoms. The van der Waals surface area contributed by atoms with Gasteiger partial charge in [-0.15, -0.1) is 0 Å². The second-order valence-electron chi connectivity index (χ2n) is 4.39. The summed E-state index contributed by atoms with van der Waals surface area (Å²) >= 11 is 6.27. The highest BCUT2D eigenvalue weighted by Crippen LogP contribution is 2.46. The molecule has 0 amide bonds. The summed E-state index contributed by atoms with van der Waals surface area (Å²) in [7, 11) is 0. The van der Waals surface area contributed by atoms with Crippen LogP contribution < -0.4 is 4.90 Å². The Bertz CT molecular complexity index is 560. The van der Waals surface area contributed by atoms with Crippen LogP contribution in [0.3, 0.4) is 0 Å². The number of hydrogen-bond donors (Lipinski definition) is 0. The summed E-state index contributed by atoms with van der Waals surface area (Å²) in [6.07, 6.45) is 1.48. The summed E-state index contributed by atoms with van der Waals surface area (Å²) in [6, 6.07) is 1.30. The second-order valence-corrected chi connectivity index (χ2v) is 6.04. The minimum absolute atomic E-state index is 0.0591. The highest BCUT2D eigenvalue weighted by Gasteiger charge is 2.33. The van der Waals surface area contributed by atoms with E-state index in [-0.39, 0.29) is 26.0 Å². The smallest absolute Gasteiger partial charge is 0.314 e. The van der Waals surface area contributed by atoms with Crippen molar-refractivity contribution in [2.75, 3.05) is 18.0 Å². The molecule has 0 saturated carbocycles.